The summed E-state index contributed by atoms with van der Waals surface area (Å²) in [6, 6.07) is 16.1. The van der Waals surface area contributed by atoms with E-state index in [1.807, 2.05) is 60.3 Å². The monoisotopic (exact) mass is 367 g/mol. The minimum atomic E-state index is 0.130. The Morgan fingerprint density at radius 3 is 2.52 bits per heavy atom. The number of hydrogen-bond acceptors (Lipinski definition) is 4. The predicted octanol–water partition coefficient (Wildman–Crippen LogP) is 3.11. The lowest BCUT2D eigenvalue weighted by Crippen LogP contribution is -2.35. The highest BCUT2D eigenvalue weighted by Gasteiger charge is 2.20. The fraction of sp³-hybridized carbons (Fsp3) is 0.409. The van der Waals surface area contributed by atoms with Crippen LogP contribution in [0.3, 0.4) is 0 Å². The molecule has 2 aromatic carbocycles. The number of rotatable bonds is 5. The van der Waals surface area contributed by atoms with Gasteiger partial charge in [-0.1, -0.05) is 18.2 Å². The summed E-state index contributed by atoms with van der Waals surface area (Å²) in [5.41, 5.74) is 3.09. The standard InChI is InChI=1S/C22H29N3O2/c1-23(2)20-7-4-6-19(16-20)22(26)25-13-5-12-24(14-15-25)17-18-8-10-21(27-3)11-9-18/h4,6-11,16H,5,12-15,17H2,1-3H3. The summed E-state index contributed by atoms with van der Waals surface area (Å²) >= 11 is 0. The molecule has 0 aliphatic carbocycles. The average Bonchev–Trinajstić information content (AvgIpc) is 2.93. The number of methoxy groups -OCH3 is 1. The van der Waals surface area contributed by atoms with Gasteiger partial charge in [0, 0.05) is 58.1 Å². The summed E-state index contributed by atoms with van der Waals surface area (Å²) in [7, 11) is 5.67. The van der Waals surface area contributed by atoms with Crippen LogP contribution in [0.4, 0.5) is 5.69 Å². The summed E-state index contributed by atoms with van der Waals surface area (Å²) < 4.78 is 5.22. The summed E-state index contributed by atoms with van der Waals surface area (Å²) in [5.74, 6) is 1.01. The van der Waals surface area contributed by atoms with E-state index in [0.717, 1.165) is 56.1 Å². The van der Waals surface area contributed by atoms with Gasteiger partial charge < -0.3 is 14.5 Å². The largest absolute Gasteiger partial charge is 0.497 e. The first-order chi connectivity index (χ1) is 13.1. The molecule has 0 unspecified atom stereocenters. The van der Waals surface area contributed by atoms with Gasteiger partial charge in [0.1, 0.15) is 5.75 Å². The van der Waals surface area contributed by atoms with Crippen molar-refractivity contribution in [2.75, 3.05) is 52.3 Å². The SMILES string of the molecule is COc1ccc(CN2CCCN(C(=O)c3cccc(N(C)C)c3)CC2)cc1. The van der Waals surface area contributed by atoms with Crippen molar-refractivity contribution in [2.24, 2.45) is 0 Å². The van der Waals surface area contributed by atoms with Crippen LogP contribution in [0.5, 0.6) is 5.75 Å². The molecule has 144 valence electrons. The van der Waals surface area contributed by atoms with Gasteiger partial charge in [0.2, 0.25) is 0 Å². The van der Waals surface area contributed by atoms with E-state index in [0.29, 0.717) is 0 Å². The van der Waals surface area contributed by atoms with Crippen LogP contribution in [0, 0.1) is 0 Å². The Labute approximate surface area is 162 Å². The maximum absolute atomic E-state index is 12.9. The fourth-order valence-electron chi connectivity index (χ4n) is 3.42. The Morgan fingerprint density at radius 1 is 1.04 bits per heavy atom. The van der Waals surface area contributed by atoms with Gasteiger partial charge in [0.05, 0.1) is 7.11 Å². The number of anilines is 1. The molecular weight excluding hydrogens is 338 g/mol. The first kappa shape index (κ1) is 19.2. The third-order valence-electron chi connectivity index (χ3n) is 5.05. The van der Waals surface area contributed by atoms with Crippen LogP contribution in [0.15, 0.2) is 48.5 Å². The van der Waals surface area contributed by atoms with E-state index in [1.54, 1.807) is 7.11 Å². The van der Waals surface area contributed by atoms with Crippen LogP contribution in [-0.4, -0.2) is 63.1 Å². The van der Waals surface area contributed by atoms with Crippen molar-refractivity contribution in [3.8, 4) is 5.75 Å². The predicted molar refractivity (Wildman–Crippen MR) is 110 cm³/mol. The van der Waals surface area contributed by atoms with E-state index in [9.17, 15) is 4.79 Å². The van der Waals surface area contributed by atoms with Gasteiger partial charge in [-0.2, -0.15) is 0 Å². The molecule has 1 fully saturated rings. The second-order valence-corrected chi connectivity index (χ2v) is 7.21. The van der Waals surface area contributed by atoms with Crippen molar-refractivity contribution in [1.82, 2.24) is 9.80 Å². The molecule has 3 rings (SSSR count). The van der Waals surface area contributed by atoms with E-state index in [-0.39, 0.29) is 5.91 Å². The zero-order valence-electron chi connectivity index (χ0n) is 16.5. The van der Waals surface area contributed by atoms with Crippen molar-refractivity contribution in [2.45, 2.75) is 13.0 Å². The molecule has 5 heteroatoms. The van der Waals surface area contributed by atoms with Gasteiger partial charge in [0.25, 0.3) is 5.91 Å². The molecule has 0 N–H and O–H groups in total. The Morgan fingerprint density at radius 2 is 1.81 bits per heavy atom. The van der Waals surface area contributed by atoms with Gasteiger partial charge in [-0.15, -0.1) is 0 Å². The second-order valence-electron chi connectivity index (χ2n) is 7.21. The van der Waals surface area contributed by atoms with Gasteiger partial charge >= 0.3 is 0 Å². The third-order valence-corrected chi connectivity index (χ3v) is 5.05. The van der Waals surface area contributed by atoms with Gasteiger partial charge in [-0.05, 0) is 42.3 Å². The number of carbonyl (C=O) groups is 1. The topological polar surface area (TPSA) is 36.0 Å². The molecule has 5 nitrogen and oxygen atoms in total. The number of hydrogen-bond donors (Lipinski definition) is 0. The molecule has 0 aromatic heterocycles. The molecule has 1 amide bonds. The lowest BCUT2D eigenvalue weighted by atomic mass is 10.1. The lowest BCUT2D eigenvalue weighted by molar-refractivity contribution is 0.0761. The molecular formula is C22H29N3O2. The highest BCUT2D eigenvalue weighted by atomic mass is 16.5. The van der Waals surface area contributed by atoms with E-state index >= 15 is 0 Å². The van der Waals surface area contributed by atoms with Crippen molar-refractivity contribution in [3.05, 3.63) is 59.7 Å². The van der Waals surface area contributed by atoms with E-state index in [1.165, 1.54) is 5.56 Å². The van der Waals surface area contributed by atoms with E-state index in [4.69, 9.17) is 4.74 Å². The molecule has 0 atom stereocenters. The maximum Gasteiger partial charge on any atom is 0.253 e. The lowest BCUT2D eigenvalue weighted by Gasteiger charge is -2.23. The summed E-state index contributed by atoms with van der Waals surface area (Å²) in [6.07, 6.45) is 0.995. The highest BCUT2D eigenvalue weighted by Crippen LogP contribution is 2.17. The number of carbonyl (C=O) groups excluding carboxylic acids is 1. The number of ether oxygens (including phenoxy) is 1. The van der Waals surface area contributed by atoms with Gasteiger partial charge in [-0.25, -0.2) is 0 Å². The molecule has 0 radical (unpaired) electrons. The Hall–Kier alpha value is -2.53. The van der Waals surface area contributed by atoms with Crippen LogP contribution in [0.1, 0.15) is 22.3 Å². The van der Waals surface area contributed by atoms with Crippen LogP contribution in [-0.2, 0) is 6.54 Å². The molecule has 0 saturated carbocycles. The van der Waals surface area contributed by atoms with Gasteiger partial charge in [-0.3, -0.25) is 9.69 Å². The minimum absolute atomic E-state index is 0.130. The highest BCUT2D eigenvalue weighted by molar-refractivity contribution is 5.95. The normalized spacial score (nSPS) is 15.3. The average molecular weight is 367 g/mol. The third kappa shape index (κ3) is 5.01. The van der Waals surface area contributed by atoms with Crippen LogP contribution < -0.4 is 9.64 Å². The maximum atomic E-state index is 12.9. The first-order valence-electron chi connectivity index (χ1n) is 9.49. The Balaban J connectivity index is 1.60. The molecule has 1 heterocycles. The summed E-state index contributed by atoms with van der Waals surface area (Å²) in [4.78, 5) is 19.4. The molecule has 1 saturated heterocycles. The van der Waals surface area contributed by atoms with E-state index < -0.39 is 0 Å². The second kappa shape index (κ2) is 8.91. The molecule has 2 aromatic rings. The van der Waals surface area contributed by atoms with Gasteiger partial charge in [0.15, 0.2) is 0 Å². The van der Waals surface area contributed by atoms with Crippen molar-refractivity contribution in [1.29, 1.82) is 0 Å². The van der Waals surface area contributed by atoms with Crippen LogP contribution in [0.2, 0.25) is 0 Å². The summed E-state index contributed by atoms with van der Waals surface area (Å²) in [5, 5.41) is 0. The zero-order valence-corrected chi connectivity index (χ0v) is 16.5. The van der Waals surface area contributed by atoms with Crippen molar-refractivity contribution < 1.29 is 9.53 Å². The first-order valence-corrected chi connectivity index (χ1v) is 9.49. The molecule has 1 aliphatic heterocycles. The van der Waals surface area contributed by atoms with Crippen LogP contribution >= 0.6 is 0 Å². The Bertz CT molecular complexity index is 758. The molecule has 0 bridgehead atoms. The molecule has 27 heavy (non-hydrogen) atoms. The number of nitrogens with zero attached hydrogens (tertiary/aromatic N) is 3. The quantitative estimate of drug-likeness (QED) is 0.814. The summed E-state index contributed by atoms with van der Waals surface area (Å²) in [6.45, 7) is 4.38. The molecule has 1 aliphatic rings. The molecule has 0 spiro atoms. The van der Waals surface area contributed by atoms with Crippen molar-refractivity contribution in [3.63, 3.8) is 0 Å². The zero-order chi connectivity index (χ0) is 19.2. The van der Waals surface area contributed by atoms with E-state index in [2.05, 4.69) is 17.0 Å². The Kier molecular flexibility index (Phi) is 6.35. The fourth-order valence-corrected chi connectivity index (χ4v) is 3.42. The van der Waals surface area contributed by atoms with Crippen molar-refractivity contribution >= 4 is 11.6 Å². The van der Waals surface area contributed by atoms with Crippen LogP contribution in [0.25, 0.3) is 0 Å². The minimum Gasteiger partial charge on any atom is -0.497 e. The number of benzene rings is 2. The smallest absolute Gasteiger partial charge is 0.253 e. The number of amides is 1.